The number of nitriles is 1. The molecule has 5 heteroatoms. The quantitative estimate of drug-likeness (QED) is 0.693. The Morgan fingerprint density at radius 1 is 1.21 bits per heavy atom. The average molecular weight is 322 g/mol. The monoisotopic (exact) mass is 322 g/mol. The molecule has 0 atom stereocenters. The molecule has 2 rings (SSSR count). The number of alkyl carbamates (subject to hydrolysis) is 1. The van der Waals surface area contributed by atoms with Gasteiger partial charge in [-0.1, -0.05) is 42.2 Å². The highest BCUT2D eigenvalue weighted by Crippen LogP contribution is 2.08. The van der Waals surface area contributed by atoms with Crippen molar-refractivity contribution in [2.45, 2.75) is 13.0 Å². The zero-order valence-electron chi connectivity index (χ0n) is 12.9. The van der Waals surface area contributed by atoms with Crippen LogP contribution in [0.15, 0.2) is 48.5 Å². The maximum Gasteiger partial charge on any atom is 0.407 e. The number of hydrogen-bond donors (Lipinski definition) is 1. The van der Waals surface area contributed by atoms with E-state index in [4.69, 9.17) is 10.00 Å². The summed E-state index contributed by atoms with van der Waals surface area (Å²) in [5.41, 5.74) is 1.38. The van der Waals surface area contributed by atoms with Gasteiger partial charge in [0.25, 0.3) is 0 Å². The number of halogens is 1. The molecule has 2 aromatic rings. The Labute approximate surface area is 139 Å². The van der Waals surface area contributed by atoms with Gasteiger partial charge in [0.15, 0.2) is 0 Å². The Morgan fingerprint density at radius 2 is 2.00 bits per heavy atom. The molecule has 0 saturated heterocycles. The maximum absolute atomic E-state index is 13.6. The molecule has 0 radical (unpaired) electrons. The lowest BCUT2D eigenvalue weighted by molar-refractivity contribution is 0.140. The van der Waals surface area contributed by atoms with Gasteiger partial charge in [0, 0.05) is 13.0 Å². The second kappa shape index (κ2) is 8.97. The van der Waals surface area contributed by atoms with Gasteiger partial charge in [0.2, 0.25) is 0 Å². The number of ether oxygens (including phenoxy) is 1. The summed E-state index contributed by atoms with van der Waals surface area (Å²) in [4.78, 5) is 11.5. The molecule has 4 nitrogen and oxygen atoms in total. The van der Waals surface area contributed by atoms with Crippen LogP contribution in [0.1, 0.15) is 23.1 Å². The van der Waals surface area contributed by atoms with Crippen LogP contribution in [0.2, 0.25) is 0 Å². The van der Waals surface area contributed by atoms with Gasteiger partial charge in [0.1, 0.15) is 12.4 Å². The molecule has 24 heavy (non-hydrogen) atoms. The van der Waals surface area contributed by atoms with Crippen LogP contribution < -0.4 is 5.32 Å². The third-order valence-electron chi connectivity index (χ3n) is 3.05. The fourth-order valence-corrected chi connectivity index (χ4v) is 1.84. The first-order valence-corrected chi connectivity index (χ1v) is 7.32. The molecule has 1 amide bonds. The van der Waals surface area contributed by atoms with Gasteiger partial charge >= 0.3 is 6.09 Å². The van der Waals surface area contributed by atoms with Crippen LogP contribution in [0.4, 0.5) is 9.18 Å². The fourth-order valence-electron chi connectivity index (χ4n) is 1.84. The smallest absolute Gasteiger partial charge is 0.407 e. The molecule has 0 aliphatic rings. The van der Waals surface area contributed by atoms with E-state index in [-0.39, 0.29) is 17.7 Å². The van der Waals surface area contributed by atoms with Crippen molar-refractivity contribution >= 4 is 6.09 Å². The first kappa shape index (κ1) is 17.1. The topological polar surface area (TPSA) is 62.1 Å². The van der Waals surface area contributed by atoms with Crippen LogP contribution in [0, 0.1) is 29.0 Å². The minimum absolute atomic E-state index is 0.203. The molecular weight excluding hydrogens is 307 g/mol. The summed E-state index contributed by atoms with van der Waals surface area (Å²) in [7, 11) is 0. The van der Waals surface area contributed by atoms with Crippen LogP contribution >= 0.6 is 0 Å². The first-order chi connectivity index (χ1) is 11.7. The van der Waals surface area contributed by atoms with Crippen molar-refractivity contribution < 1.29 is 13.9 Å². The molecule has 0 aromatic heterocycles. The molecule has 2 aromatic carbocycles. The van der Waals surface area contributed by atoms with E-state index in [2.05, 4.69) is 17.2 Å². The number of nitrogens with zero attached hydrogens (tertiary/aromatic N) is 1. The van der Waals surface area contributed by atoms with Gasteiger partial charge in [-0.3, -0.25) is 0 Å². The number of hydrogen-bond acceptors (Lipinski definition) is 3. The zero-order valence-corrected chi connectivity index (χ0v) is 12.9. The molecule has 1 N–H and O–H groups in total. The number of carbonyl (C=O) groups is 1. The van der Waals surface area contributed by atoms with Crippen molar-refractivity contribution in [3.05, 3.63) is 71.0 Å². The minimum atomic E-state index is -0.531. The Balaban J connectivity index is 1.71. The fraction of sp³-hybridized carbons (Fsp3) is 0.158. The van der Waals surface area contributed by atoms with E-state index in [1.54, 1.807) is 0 Å². The Kier molecular flexibility index (Phi) is 6.37. The summed E-state index contributed by atoms with van der Waals surface area (Å²) in [6, 6.07) is 15.3. The molecule has 0 unspecified atom stereocenters. The maximum atomic E-state index is 13.6. The number of rotatable bonds is 4. The number of carbonyl (C=O) groups excluding carboxylic acids is 1. The predicted molar refractivity (Wildman–Crippen MR) is 87.2 cm³/mol. The molecule has 0 spiro atoms. The van der Waals surface area contributed by atoms with E-state index in [0.717, 1.165) is 11.6 Å². The first-order valence-electron chi connectivity index (χ1n) is 7.32. The van der Waals surface area contributed by atoms with Gasteiger partial charge in [-0.25, -0.2) is 9.18 Å². The second-order valence-electron chi connectivity index (χ2n) is 4.85. The van der Waals surface area contributed by atoms with Crippen LogP contribution in [0.5, 0.6) is 0 Å². The normalized spacial score (nSPS) is 9.33. The molecule has 0 aliphatic carbocycles. The summed E-state index contributed by atoms with van der Waals surface area (Å²) in [5, 5.41) is 11.2. The largest absolute Gasteiger partial charge is 0.445 e. The van der Waals surface area contributed by atoms with Crippen molar-refractivity contribution in [3.8, 4) is 17.9 Å². The Hall–Kier alpha value is -3.31. The molecule has 0 heterocycles. The number of benzene rings is 2. The molecular formula is C19H15FN2O2. The molecule has 0 saturated carbocycles. The van der Waals surface area contributed by atoms with Gasteiger partial charge in [-0.05, 0) is 23.8 Å². The number of amides is 1. The summed E-state index contributed by atoms with van der Waals surface area (Å²) in [5.74, 6) is 4.90. The Bertz CT molecular complexity index is 802. The number of nitrogens with one attached hydrogen (secondary N) is 1. The highest BCUT2D eigenvalue weighted by molar-refractivity contribution is 5.67. The van der Waals surface area contributed by atoms with Gasteiger partial charge in [-0.15, -0.1) is 0 Å². The van der Waals surface area contributed by atoms with Gasteiger partial charge in [-0.2, -0.15) is 5.26 Å². The van der Waals surface area contributed by atoms with Crippen LogP contribution in [-0.2, 0) is 11.3 Å². The third-order valence-corrected chi connectivity index (χ3v) is 3.05. The Morgan fingerprint density at radius 3 is 2.71 bits per heavy atom. The van der Waals surface area contributed by atoms with Crippen LogP contribution in [0.3, 0.4) is 0 Å². The zero-order chi connectivity index (χ0) is 17.2. The van der Waals surface area contributed by atoms with E-state index < -0.39 is 11.9 Å². The SMILES string of the molecule is N#Cc1ccc(C#CCCNC(=O)OCc2ccccc2)c(F)c1. The molecule has 120 valence electrons. The van der Waals surface area contributed by atoms with Crippen molar-refractivity contribution in [2.75, 3.05) is 6.54 Å². The van der Waals surface area contributed by atoms with E-state index in [1.807, 2.05) is 36.4 Å². The molecule has 0 fully saturated rings. The third kappa shape index (κ3) is 5.47. The van der Waals surface area contributed by atoms with Crippen molar-refractivity contribution in [3.63, 3.8) is 0 Å². The van der Waals surface area contributed by atoms with Crippen LogP contribution in [0.25, 0.3) is 0 Å². The summed E-state index contributed by atoms with van der Waals surface area (Å²) in [6.45, 7) is 0.507. The highest BCUT2D eigenvalue weighted by Gasteiger charge is 2.02. The summed E-state index contributed by atoms with van der Waals surface area (Å²) >= 11 is 0. The molecule has 0 bridgehead atoms. The average Bonchev–Trinajstić information content (AvgIpc) is 2.61. The van der Waals surface area contributed by atoms with E-state index in [1.165, 1.54) is 12.1 Å². The summed E-state index contributed by atoms with van der Waals surface area (Å²) < 4.78 is 18.6. The standard InChI is InChI=1S/C19H15FN2O2/c20-18-12-16(13-21)9-10-17(18)8-4-5-11-22-19(23)24-14-15-6-2-1-3-7-15/h1-3,6-7,9-10,12H,5,11,14H2,(H,22,23). The van der Waals surface area contributed by atoms with Gasteiger partial charge in [0.05, 0.1) is 17.2 Å². The lowest BCUT2D eigenvalue weighted by atomic mass is 10.1. The van der Waals surface area contributed by atoms with Crippen molar-refractivity contribution in [1.29, 1.82) is 5.26 Å². The lowest BCUT2D eigenvalue weighted by Crippen LogP contribution is -2.24. The van der Waals surface area contributed by atoms with Crippen molar-refractivity contribution in [1.82, 2.24) is 5.32 Å². The lowest BCUT2D eigenvalue weighted by Gasteiger charge is -2.05. The second-order valence-corrected chi connectivity index (χ2v) is 4.85. The van der Waals surface area contributed by atoms with Crippen LogP contribution in [-0.4, -0.2) is 12.6 Å². The highest BCUT2D eigenvalue weighted by atomic mass is 19.1. The minimum Gasteiger partial charge on any atom is -0.445 e. The van der Waals surface area contributed by atoms with Gasteiger partial charge < -0.3 is 10.1 Å². The predicted octanol–water partition coefficient (Wildman–Crippen LogP) is 3.37. The summed E-state index contributed by atoms with van der Waals surface area (Å²) in [6.07, 6.45) is -0.162. The molecule has 0 aliphatic heterocycles. The van der Waals surface area contributed by atoms with E-state index >= 15 is 0 Å². The van der Waals surface area contributed by atoms with Crippen molar-refractivity contribution in [2.24, 2.45) is 0 Å². The van der Waals surface area contributed by atoms with E-state index in [9.17, 15) is 9.18 Å². The van der Waals surface area contributed by atoms with E-state index in [0.29, 0.717) is 13.0 Å².